The Labute approximate surface area is 84.6 Å². The topological polar surface area (TPSA) is 77.8 Å². The van der Waals surface area contributed by atoms with E-state index in [-0.39, 0.29) is 12.8 Å². The van der Waals surface area contributed by atoms with Gasteiger partial charge in [0.15, 0.2) is 0 Å². The highest BCUT2D eigenvalue weighted by molar-refractivity contribution is 5.67. The van der Waals surface area contributed by atoms with Crippen molar-refractivity contribution < 1.29 is 20.1 Å². The van der Waals surface area contributed by atoms with Gasteiger partial charge in [0.05, 0.1) is 18.6 Å². The Morgan fingerprint density at radius 1 is 1.21 bits per heavy atom. The average molecular weight is 204 g/mol. The molecule has 0 aromatic rings. The van der Waals surface area contributed by atoms with E-state index < -0.39 is 18.2 Å². The first kappa shape index (κ1) is 13.4. The van der Waals surface area contributed by atoms with Crippen LogP contribution in [0.25, 0.3) is 0 Å². The average Bonchev–Trinajstić information content (AvgIpc) is 2.02. The van der Waals surface area contributed by atoms with Gasteiger partial charge in [-0.3, -0.25) is 4.79 Å². The first-order valence-corrected chi connectivity index (χ1v) is 5.14. The number of hydrogen-bond acceptors (Lipinski definition) is 3. The second kappa shape index (κ2) is 7.76. The first-order chi connectivity index (χ1) is 6.56. The Balaban J connectivity index is 3.49. The van der Waals surface area contributed by atoms with Crippen molar-refractivity contribution in [2.75, 3.05) is 0 Å². The maximum Gasteiger partial charge on any atom is 0.305 e. The first-order valence-electron chi connectivity index (χ1n) is 5.14. The van der Waals surface area contributed by atoms with Crippen molar-refractivity contribution in [1.82, 2.24) is 0 Å². The molecule has 0 aliphatic rings. The molecule has 0 aliphatic heterocycles. The van der Waals surface area contributed by atoms with Crippen molar-refractivity contribution in [3.05, 3.63) is 0 Å². The van der Waals surface area contributed by atoms with Gasteiger partial charge >= 0.3 is 5.97 Å². The molecule has 0 aliphatic carbocycles. The van der Waals surface area contributed by atoms with Crippen LogP contribution in [0.15, 0.2) is 0 Å². The van der Waals surface area contributed by atoms with Gasteiger partial charge in [0.2, 0.25) is 0 Å². The SMILES string of the molecule is CCCCC[C@@H](O)C[C@@H](O)CC(=O)O. The highest BCUT2D eigenvalue weighted by atomic mass is 16.4. The number of hydrogen-bond donors (Lipinski definition) is 3. The summed E-state index contributed by atoms with van der Waals surface area (Å²) in [5.41, 5.74) is 0. The Hall–Kier alpha value is -0.610. The van der Waals surface area contributed by atoms with Crippen molar-refractivity contribution in [3.63, 3.8) is 0 Å². The maximum absolute atomic E-state index is 10.2. The smallest absolute Gasteiger partial charge is 0.305 e. The largest absolute Gasteiger partial charge is 0.481 e. The second-order valence-corrected chi connectivity index (χ2v) is 3.64. The highest BCUT2D eigenvalue weighted by Crippen LogP contribution is 2.10. The summed E-state index contributed by atoms with van der Waals surface area (Å²) in [6.07, 6.45) is 2.10. The molecule has 0 saturated heterocycles. The monoisotopic (exact) mass is 204 g/mol. The van der Waals surface area contributed by atoms with Crippen LogP contribution in [0.1, 0.15) is 45.4 Å². The molecule has 0 fully saturated rings. The van der Waals surface area contributed by atoms with Gasteiger partial charge in [-0.25, -0.2) is 0 Å². The summed E-state index contributed by atoms with van der Waals surface area (Å²) >= 11 is 0. The van der Waals surface area contributed by atoms with E-state index in [9.17, 15) is 15.0 Å². The van der Waals surface area contributed by atoms with Gasteiger partial charge in [0.25, 0.3) is 0 Å². The fourth-order valence-corrected chi connectivity index (χ4v) is 1.35. The molecule has 0 unspecified atom stereocenters. The van der Waals surface area contributed by atoms with Crippen LogP contribution in [0.2, 0.25) is 0 Å². The number of aliphatic hydroxyl groups excluding tert-OH is 2. The number of carboxylic acids is 1. The molecule has 84 valence electrons. The summed E-state index contributed by atoms with van der Waals surface area (Å²) < 4.78 is 0. The van der Waals surface area contributed by atoms with Gasteiger partial charge in [-0.2, -0.15) is 0 Å². The minimum Gasteiger partial charge on any atom is -0.481 e. The van der Waals surface area contributed by atoms with Crippen molar-refractivity contribution in [2.45, 2.75) is 57.7 Å². The van der Waals surface area contributed by atoms with Crippen LogP contribution in [0, 0.1) is 0 Å². The highest BCUT2D eigenvalue weighted by Gasteiger charge is 2.14. The summed E-state index contributed by atoms with van der Waals surface area (Å²) in [4.78, 5) is 10.2. The normalized spacial score (nSPS) is 15.1. The minimum absolute atomic E-state index is 0.163. The van der Waals surface area contributed by atoms with Crippen LogP contribution in [0.5, 0.6) is 0 Å². The van der Waals surface area contributed by atoms with Crippen molar-refractivity contribution in [1.29, 1.82) is 0 Å². The lowest BCUT2D eigenvalue weighted by Crippen LogP contribution is -2.20. The summed E-state index contributed by atoms with van der Waals surface area (Å²) in [7, 11) is 0. The number of unbranched alkanes of at least 4 members (excludes halogenated alkanes) is 2. The predicted octanol–water partition coefficient (Wildman–Crippen LogP) is 1.15. The van der Waals surface area contributed by atoms with E-state index in [0.29, 0.717) is 6.42 Å². The molecule has 0 heterocycles. The molecule has 0 aromatic carbocycles. The molecule has 0 saturated carbocycles. The van der Waals surface area contributed by atoms with E-state index in [1.165, 1.54) is 0 Å². The fourth-order valence-electron chi connectivity index (χ4n) is 1.35. The molecule has 4 heteroatoms. The van der Waals surface area contributed by atoms with Crippen LogP contribution in [0.3, 0.4) is 0 Å². The quantitative estimate of drug-likeness (QED) is 0.518. The number of aliphatic carboxylic acids is 1. The Morgan fingerprint density at radius 3 is 2.36 bits per heavy atom. The number of carbonyl (C=O) groups is 1. The minimum atomic E-state index is -1.03. The van der Waals surface area contributed by atoms with Crippen molar-refractivity contribution >= 4 is 5.97 Å². The standard InChI is InChI=1S/C10H20O4/c1-2-3-4-5-8(11)6-9(12)7-10(13)14/h8-9,11-12H,2-7H2,1H3,(H,13,14)/t8-,9-/m1/s1. The Bertz CT molecular complexity index is 158. The predicted molar refractivity (Wildman–Crippen MR) is 53.0 cm³/mol. The van der Waals surface area contributed by atoms with E-state index in [1.807, 2.05) is 0 Å². The summed E-state index contributed by atoms with van der Waals surface area (Å²) in [6, 6.07) is 0. The zero-order valence-electron chi connectivity index (χ0n) is 8.65. The molecule has 14 heavy (non-hydrogen) atoms. The van der Waals surface area contributed by atoms with Crippen molar-refractivity contribution in [3.8, 4) is 0 Å². The van der Waals surface area contributed by atoms with Crippen molar-refractivity contribution in [2.24, 2.45) is 0 Å². The summed E-state index contributed by atoms with van der Waals surface area (Å²) in [5, 5.41) is 27.0. The van der Waals surface area contributed by atoms with E-state index in [1.54, 1.807) is 0 Å². The summed E-state index contributed by atoms with van der Waals surface area (Å²) in [5.74, 6) is -1.03. The third-order valence-electron chi connectivity index (χ3n) is 2.10. The molecule has 0 amide bonds. The maximum atomic E-state index is 10.2. The fraction of sp³-hybridized carbons (Fsp3) is 0.900. The lowest BCUT2D eigenvalue weighted by atomic mass is 10.0. The zero-order valence-corrected chi connectivity index (χ0v) is 8.65. The molecular weight excluding hydrogens is 184 g/mol. The van der Waals surface area contributed by atoms with E-state index in [2.05, 4.69) is 6.92 Å². The molecule has 0 rings (SSSR count). The molecule has 4 nitrogen and oxygen atoms in total. The van der Waals surface area contributed by atoms with E-state index >= 15 is 0 Å². The molecule has 3 N–H and O–H groups in total. The van der Waals surface area contributed by atoms with Crippen LogP contribution >= 0.6 is 0 Å². The molecule has 0 bridgehead atoms. The lowest BCUT2D eigenvalue weighted by Gasteiger charge is -2.13. The second-order valence-electron chi connectivity index (χ2n) is 3.64. The molecule has 2 atom stereocenters. The molecular formula is C10H20O4. The number of rotatable bonds is 8. The van der Waals surface area contributed by atoms with Crippen LogP contribution in [-0.2, 0) is 4.79 Å². The molecule has 0 radical (unpaired) electrons. The molecule has 0 aromatic heterocycles. The van der Waals surface area contributed by atoms with Crippen LogP contribution < -0.4 is 0 Å². The Kier molecular flexibility index (Phi) is 7.42. The van der Waals surface area contributed by atoms with Gasteiger partial charge in [-0.05, 0) is 12.8 Å². The van der Waals surface area contributed by atoms with Gasteiger partial charge in [0, 0.05) is 0 Å². The van der Waals surface area contributed by atoms with Gasteiger partial charge in [-0.15, -0.1) is 0 Å². The number of aliphatic hydroxyl groups is 2. The zero-order chi connectivity index (χ0) is 11.0. The molecule has 0 spiro atoms. The van der Waals surface area contributed by atoms with E-state index in [0.717, 1.165) is 19.3 Å². The van der Waals surface area contributed by atoms with E-state index in [4.69, 9.17) is 5.11 Å². The van der Waals surface area contributed by atoms with Crippen LogP contribution in [-0.4, -0.2) is 33.5 Å². The van der Waals surface area contributed by atoms with Crippen LogP contribution in [0.4, 0.5) is 0 Å². The van der Waals surface area contributed by atoms with Gasteiger partial charge in [-0.1, -0.05) is 26.2 Å². The van der Waals surface area contributed by atoms with Gasteiger partial charge < -0.3 is 15.3 Å². The Morgan fingerprint density at radius 2 is 1.86 bits per heavy atom. The third kappa shape index (κ3) is 8.01. The summed E-state index contributed by atoms with van der Waals surface area (Å²) in [6.45, 7) is 2.08. The third-order valence-corrected chi connectivity index (χ3v) is 2.10. The lowest BCUT2D eigenvalue weighted by molar-refractivity contribution is -0.139. The number of carboxylic acid groups (broad SMARTS) is 1. The van der Waals surface area contributed by atoms with Gasteiger partial charge in [0.1, 0.15) is 0 Å².